The highest BCUT2D eigenvalue weighted by molar-refractivity contribution is 5.95. The van der Waals surface area contributed by atoms with Crippen LogP contribution in [0.5, 0.6) is 11.5 Å². The Hall–Kier alpha value is -3.56. The maximum atomic E-state index is 12.9. The van der Waals surface area contributed by atoms with Crippen molar-refractivity contribution >= 4 is 5.91 Å². The summed E-state index contributed by atoms with van der Waals surface area (Å²) in [6.07, 6.45) is -4.46. The number of alkyl halides is 3. The Morgan fingerprint density at radius 1 is 1.10 bits per heavy atom. The first-order valence-corrected chi connectivity index (χ1v) is 9.32. The molecule has 4 rings (SSSR count). The van der Waals surface area contributed by atoms with Crippen LogP contribution < -0.4 is 9.47 Å². The smallest absolute Gasteiger partial charge is 0.416 e. The van der Waals surface area contributed by atoms with Gasteiger partial charge >= 0.3 is 6.18 Å². The Morgan fingerprint density at radius 2 is 1.84 bits per heavy atom. The highest BCUT2D eigenvalue weighted by atomic mass is 19.4. The number of carbonyl (C=O) groups excluding carboxylic acids is 1. The first-order valence-electron chi connectivity index (χ1n) is 9.32. The molecule has 0 atom stereocenters. The molecule has 0 bridgehead atoms. The lowest BCUT2D eigenvalue weighted by atomic mass is 9.98. The van der Waals surface area contributed by atoms with Gasteiger partial charge in [-0.1, -0.05) is 17.3 Å². The van der Waals surface area contributed by atoms with Crippen LogP contribution in [-0.2, 0) is 6.18 Å². The molecular weight excluding hydrogens is 415 g/mol. The van der Waals surface area contributed by atoms with E-state index >= 15 is 0 Å². The molecule has 0 aliphatic carbocycles. The molecule has 1 amide bonds. The minimum Gasteiger partial charge on any atom is -0.493 e. The minimum atomic E-state index is -4.46. The van der Waals surface area contributed by atoms with Gasteiger partial charge in [-0.2, -0.15) is 18.2 Å². The monoisotopic (exact) mass is 433 g/mol. The number of aromatic nitrogens is 2. The number of ether oxygens (including phenoxy) is 2. The molecule has 1 aromatic heterocycles. The molecule has 2 aromatic carbocycles. The van der Waals surface area contributed by atoms with Gasteiger partial charge in [-0.05, 0) is 30.3 Å². The molecule has 0 radical (unpaired) electrons. The van der Waals surface area contributed by atoms with Gasteiger partial charge in [-0.25, -0.2) is 0 Å². The molecule has 1 aliphatic heterocycles. The predicted molar refractivity (Wildman–Crippen MR) is 103 cm³/mol. The normalized spacial score (nSPS) is 14.3. The Kier molecular flexibility index (Phi) is 5.30. The van der Waals surface area contributed by atoms with Crippen molar-refractivity contribution in [2.75, 3.05) is 27.3 Å². The standard InChI is InChI=1S/C21H18F3N3O4/c1-29-16-7-6-13(9-17(16)30-2)20(28)27-10-14(11-27)19-25-18(26-31-19)12-4-3-5-15(8-12)21(22,23)24/h3-9,14H,10-11H2,1-2H3. The van der Waals surface area contributed by atoms with Gasteiger partial charge < -0.3 is 18.9 Å². The number of hydrogen-bond donors (Lipinski definition) is 0. The zero-order valence-electron chi connectivity index (χ0n) is 16.6. The maximum Gasteiger partial charge on any atom is 0.416 e. The summed E-state index contributed by atoms with van der Waals surface area (Å²) in [5, 5.41) is 3.80. The SMILES string of the molecule is COc1ccc(C(=O)N2CC(c3nc(-c4cccc(C(F)(F)F)c4)no3)C2)cc1OC. The molecule has 7 nitrogen and oxygen atoms in total. The number of nitrogens with zero attached hydrogens (tertiary/aromatic N) is 3. The van der Waals surface area contributed by atoms with E-state index < -0.39 is 11.7 Å². The first kappa shape index (κ1) is 20.7. The molecule has 31 heavy (non-hydrogen) atoms. The lowest BCUT2D eigenvalue weighted by molar-refractivity contribution is -0.137. The number of amides is 1. The summed E-state index contributed by atoms with van der Waals surface area (Å²) in [6.45, 7) is 0.717. The second-order valence-corrected chi connectivity index (χ2v) is 7.01. The quantitative estimate of drug-likeness (QED) is 0.605. The number of benzene rings is 2. The third-order valence-electron chi connectivity index (χ3n) is 5.04. The summed E-state index contributed by atoms with van der Waals surface area (Å²) in [5.74, 6) is 0.960. The molecule has 162 valence electrons. The fourth-order valence-electron chi connectivity index (χ4n) is 3.31. The zero-order valence-corrected chi connectivity index (χ0v) is 16.6. The second kappa shape index (κ2) is 7.93. The van der Waals surface area contributed by atoms with Crippen molar-refractivity contribution < 1.29 is 32.0 Å². The molecule has 2 heterocycles. The lowest BCUT2D eigenvalue weighted by Gasteiger charge is -2.37. The van der Waals surface area contributed by atoms with E-state index in [-0.39, 0.29) is 29.1 Å². The molecule has 10 heteroatoms. The Balaban J connectivity index is 1.43. The Bertz CT molecular complexity index is 1110. The van der Waals surface area contributed by atoms with Gasteiger partial charge in [0.25, 0.3) is 5.91 Å². The molecule has 3 aromatic rings. The minimum absolute atomic E-state index is 0.0748. The van der Waals surface area contributed by atoms with Gasteiger partial charge in [0.2, 0.25) is 11.7 Å². The van der Waals surface area contributed by atoms with E-state index in [0.717, 1.165) is 12.1 Å². The van der Waals surface area contributed by atoms with Gasteiger partial charge in [0.05, 0.1) is 25.7 Å². The second-order valence-electron chi connectivity index (χ2n) is 7.01. The fourth-order valence-corrected chi connectivity index (χ4v) is 3.31. The third-order valence-corrected chi connectivity index (χ3v) is 5.04. The van der Waals surface area contributed by atoms with Gasteiger partial charge in [-0.3, -0.25) is 4.79 Å². The zero-order chi connectivity index (χ0) is 22.2. The molecule has 1 fully saturated rings. The van der Waals surface area contributed by atoms with Crippen LogP contribution in [0.4, 0.5) is 13.2 Å². The van der Waals surface area contributed by atoms with Gasteiger partial charge in [0, 0.05) is 24.2 Å². The lowest BCUT2D eigenvalue weighted by Crippen LogP contribution is -2.48. The summed E-state index contributed by atoms with van der Waals surface area (Å²) in [4.78, 5) is 18.5. The Morgan fingerprint density at radius 3 is 2.52 bits per heavy atom. The average Bonchev–Trinajstić information content (AvgIpc) is 3.21. The number of rotatable bonds is 5. The van der Waals surface area contributed by atoms with Gasteiger partial charge in [0.1, 0.15) is 0 Å². The highest BCUT2D eigenvalue weighted by Crippen LogP contribution is 2.34. The molecule has 1 saturated heterocycles. The fraction of sp³-hybridized carbons (Fsp3) is 0.286. The number of likely N-dealkylation sites (tertiary alicyclic amines) is 1. The molecule has 0 unspecified atom stereocenters. The molecule has 1 aliphatic rings. The van der Waals surface area contributed by atoms with Crippen LogP contribution in [0.1, 0.15) is 27.7 Å². The first-order chi connectivity index (χ1) is 14.8. The van der Waals surface area contributed by atoms with Crippen LogP contribution in [0.25, 0.3) is 11.4 Å². The highest BCUT2D eigenvalue weighted by Gasteiger charge is 2.36. The average molecular weight is 433 g/mol. The van der Waals surface area contributed by atoms with E-state index in [1.165, 1.54) is 26.4 Å². The van der Waals surface area contributed by atoms with Crippen molar-refractivity contribution in [3.8, 4) is 22.9 Å². The number of methoxy groups -OCH3 is 2. The topological polar surface area (TPSA) is 77.7 Å². The van der Waals surface area contributed by atoms with Crippen molar-refractivity contribution in [1.82, 2.24) is 15.0 Å². The van der Waals surface area contributed by atoms with Crippen molar-refractivity contribution in [1.29, 1.82) is 0 Å². The van der Waals surface area contributed by atoms with Crippen LogP contribution in [-0.4, -0.2) is 48.3 Å². The van der Waals surface area contributed by atoms with Crippen LogP contribution in [0.2, 0.25) is 0 Å². The number of halogens is 3. The molecular formula is C21H18F3N3O4. The molecule has 0 N–H and O–H groups in total. The van der Waals surface area contributed by atoms with Crippen molar-refractivity contribution in [3.63, 3.8) is 0 Å². The maximum absolute atomic E-state index is 12.9. The van der Waals surface area contributed by atoms with Crippen molar-refractivity contribution in [2.45, 2.75) is 12.1 Å². The number of carbonyl (C=O) groups is 1. The van der Waals surface area contributed by atoms with Crippen LogP contribution in [0.3, 0.4) is 0 Å². The molecule has 0 saturated carbocycles. The third kappa shape index (κ3) is 4.05. The summed E-state index contributed by atoms with van der Waals surface area (Å²) >= 11 is 0. The summed E-state index contributed by atoms with van der Waals surface area (Å²) in [6, 6.07) is 9.64. The van der Waals surface area contributed by atoms with Crippen LogP contribution in [0.15, 0.2) is 47.0 Å². The van der Waals surface area contributed by atoms with Gasteiger partial charge in [0.15, 0.2) is 11.5 Å². The van der Waals surface area contributed by atoms with E-state index in [0.29, 0.717) is 30.2 Å². The largest absolute Gasteiger partial charge is 0.493 e. The van der Waals surface area contributed by atoms with E-state index in [1.54, 1.807) is 23.1 Å². The number of hydrogen-bond acceptors (Lipinski definition) is 6. The summed E-state index contributed by atoms with van der Waals surface area (Å²) in [5.41, 5.74) is -0.125. The van der Waals surface area contributed by atoms with Crippen molar-refractivity contribution in [3.05, 3.63) is 59.5 Å². The van der Waals surface area contributed by atoms with E-state index in [4.69, 9.17) is 14.0 Å². The molecule has 0 spiro atoms. The summed E-state index contributed by atoms with van der Waals surface area (Å²) < 4.78 is 54.4. The predicted octanol–water partition coefficient (Wildman–Crippen LogP) is 4.01. The van der Waals surface area contributed by atoms with Gasteiger partial charge in [-0.15, -0.1) is 0 Å². The Labute approximate surface area is 175 Å². The summed E-state index contributed by atoms with van der Waals surface area (Å²) in [7, 11) is 3.00. The van der Waals surface area contributed by atoms with E-state index in [2.05, 4.69) is 10.1 Å². The van der Waals surface area contributed by atoms with E-state index in [1.807, 2.05) is 0 Å². The van der Waals surface area contributed by atoms with Crippen molar-refractivity contribution in [2.24, 2.45) is 0 Å². The van der Waals surface area contributed by atoms with Crippen LogP contribution in [0, 0.1) is 0 Å². The van der Waals surface area contributed by atoms with Crippen LogP contribution >= 0.6 is 0 Å². The van der Waals surface area contributed by atoms with E-state index in [9.17, 15) is 18.0 Å².